The normalized spacial score (nSPS) is 17.4. The van der Waals surface area contributed by atoms with E-state index in [0.29, 0.717) is 6.04 Å². The van der Waals surface area contributed by atoms with E-state index in [1.165, 1.54) is 0 Å². The molecule has 0 spiro atoms. The summed E-state index contributed by atoms with van der Waals surface area (Å²) in [6.45, 7) is 8.64. The van der Waals surface area contributed by atoms with Crippen molar-refractivity contribution in [3.8, 4) is 5.82 Å². The Morgan fingerprint density at radius 2 is 2.05 bits per heavy atom. The van der Waals surface area contributed by atoms with Gasteiger partial charge in [-0.3, -0.25) is 4.90 Å². The molecule has 1 unspecified atom stereocenters. The molecule has 2 aromatic rings. The second-order valence-corrected chi connectivity index (χ2v) is 5.56. The third-order valence-electron chi connectivity index (χ3n) is 3.86. The predicted octanol–water partition coefficient (Wildman–Crippen LogP) is 1.10. The fourth-order valence-electron chi connectivity index (χ4n) is 2.48. The first-order valence-electron chi connectivity index (χ1n) is 7.64. The molecule has 0 amide bonds. The molecule has 0 aliphatic carbocycles. The highest BCUT2D eigenvalue weighted by Gasteiger charge is 2.16. The highest BCUT2D eigenvalue weighted by molar-refractivity contribution is 5.36. The molecule has 1 N–H and O–H groups in total. The Hall–Kier alpha value is -1.99. The van der Waals surface area contributed by atoms with E-state index in [1.807, 2.05) is 31.3 Å². The third-order valence-corrected chi connectivity index (χ3v) is 3.86. The van der Waals surface area contributed by atoms with Gasteiger partial charge in [0, 0.05) is 31.9 Å². The first kappa shape index (κ1) is 14.9. The molecule has 3 heterocycles. The van der Waals surface area contributed by atoms with Crippen LogP contribution in [0.5, 0.6) is 0 Å². The molecule has 7 nitrogen and oxygen atoms in total. The van der Waals surface area contributed by atoms with Gasteiger partial charge in [-0.25, -0.2) is 4.68 Å². The van der Waals surface area contributed by atoms with Crippen molar-refractivity contribution >= 4 is 5.82 Å². The number of aromatic nitrogens is 4. The van der Waals surface area contributed by atoms with Gasteiger partial charge in [0.2, 0.25) is 0 Å². The fraction of sp³-hybridized carbons (Fsp3) is 0.533. The second-order valence-electron chi connectivity index (χ2n) is 5.56. The molecule has 7 heteroatoms. The zero-order valence-electron chi connectivity index (χ0n) is 13.1. The lowest BCUT2D eigenvalue weighted by atomic mass is 10.2. The summed E-state index contributed by atoms with van der Waals surface area (Å²) in [5.41, 5.74) is 0.961. The molecule has 22 heavy (non-hydrogen) atoms. The van der Waals surface area contributed by atoms with Crippen LogP contribution in [0, 0.1) is 6.92 Å². The van der Waals surface area contributed by atoms with Gasteiger partial charge in [-0.15, -0.1) is 10.2 Å². The number of hydrogen-bond donors (Lipinski definition) is 1. The van der Waals surface area contributed by atoms with E-state index in [0.717, 1.165) is 50.2 Å². The van der Waals surface area contributed by atoms with Crippen LogP contribution in [0.4, 0.5) is 5.82 Å². The van der Waals surface area contributed by atoms with Crippen LogP contribution in [0.1, 0.15) is 12.6 Å². The number of rotatable bonds is 5. The maximum atomic E-state index is 5.38. The summed E-state index contributed by atoms with van der Waals surface area (Å²) >= 11 is 0. The smallest absolute Gasteiger partial charge is 0.175 e. The lowest BCUT2D eigenvalue weighted by Gasteiger charge is -2.32. The first-order chi connectivity index (χ1) is 10.7. The minimum atomic E-state index is 0.444. The van der Waals surface area contributed by atoms with E-state index < -0.39 is 0 Å². The standard InChI is InChI=1S/C15H22N6O/c1-12-5-6-21(19-12)15-4-3-14(17-18-15)16-11-13(2)20-7-9-22-10-8-20/h3-6,13H,7-11H2,1-2H3,(H,16,17). The molecular formula is C15H22N6O. The monoisotopic (exact) mass is 302 g/mol. The molecule has 0 saturated carbocycles. The summed E-state index contributed by atoms with van der Waals surface area (Å²) in [7, 11) is 0. The van der Waals surface area contributed by atoms with Gasteiger partial charge in [-0.1, -0.05) is 0 Å². The largest absolute Gasteiger partial charge is 0.379 e. The first-order valence-corrected chi connectivity index (χ1v) is 7.64. The van der Waals surface area contributed by atoms with E-state index in [4.69, 9.17) is 4.74 Å². The summed E-state index contributed by atoms with van der Waals surface area (Å²) in [6, 6.07) is 6.24. The SMILES string of the molecule is Cc1ccn(-c2ccc(NCC(C)N3CCOCC3)nn2)n1. The predicted molar refractivity (Wildman–Crippen MR) is 84.2 cm³/mol. The summed E-state index contributed by atoms with van der Waals surface area (Å²) < 4.78 is 7.10. The van der Waals surface area contributed by atoms with Crippen molar-refractivity contribution in [1.29, 1.82) is 0 Å². The van der Waals surface area contributed by atoms with E-state index in [1.54, 1.807) is 4.68 Å². The van der Waals surface area contributed by atoms with Crippen molar-refractivity contribution < 1.29 is 4.74 Å². The van der Waals surface area contributed by atoms with Crippen LogP contribution >= 0.6 is 0 Å². The summed E-state index contributed by atoms with van der Waals surface area (Å²) in [5, 5.41) is 16.1. The van der Waals surface area contributed by atoms with Gasteiger partial charge in [0.1, 0.15) is 5.82 Å². The lowest BCUT2D eigenvalue weighted by molar-refractivity contribution is 0.0227. The van der Waals surface area contributed by atoms with Gasteiger partial charge < -0.3 is 10.1 Å². The number of hydrogen-bond acceptors (Lipinski definition) is 6. The van der Waals surface area contributed by atoms with Crippen molar-refractivity contribution in [1.82, 2.24) is 24.9 Å². The molecule has 1 atom stereocenters. The Balaban J connectivity index is 1.54. The van der Waals surface area contributed by atoms with Gasteiger partial charge in [0.05, 0.1) is 18.9 Å². The molecule has 118 valence electrons. The highest BCUT2D eigenvalue weighted by atomic mass is 16.5. The Bertz CT molecular complexity index is 590. The van der Waals surface area contributed by atoms with Gasteiger partial charge in [-0.2, -0.15) is 5.10 Å². The van der Waals surface area contributed by atoms with Gasteiger partial charge >= 0.3 is 0 Å². The van der Waals surface area contributed by atoms with Crippen LogP contribution < -0.4 is 5.32 Å². The van der Waals surface area contributed by atoms with Gasteiger partial charge in [0.25, 0.3) is 0 Å². The average Bonchev–Trinajstić information content (AvgIpc) is 3.00. The van der Waals surface area contributed by atoms with E-state index >= 15 is 0 Å². The Morgan fingerprint density at radius 1 is 1.23 bits per heavy atom. The number of nitrogens with zero attached hydrogens (tertiary/aromatic N) is 5. The van der Waals surface area contributed by atoms with Gasteiger partial charge in [-0.05, 0) is 32.0 Å². The Morgan fingerprint density at radius 3 is 2.68 bits per heavy atom. The second kappa shape index (κ2) is 6.85. The summed E-state index contributed by atoms with van der Waals surface area (Å²) in [6.07, 6.45) is 1.88. The van der Waals surface area contributed by atoms with Crippen LogP contribution in [0.3, 0.4) is 0 Å². The minimum Gasteiger partial charge on any atom is -0.379 e. The molecule has 1 fully saturated rings. The zero-order valence-corrected chi connectivity index (χ0v) is 13.1. The van der Waals surface area contributed by atoms with E-state index in [9.17, 15) is 0 Å². The average molecular weight is 302 g/mol. The minimum absolute atomic E-state index is 0.444. The van der Waals surface area contributed by atoms with Crippen molar-refractivity contribution in [3.05, 3.63) is 30.1 Å². The van der Waals surface area contributed by atoms with Crippen LogP contribution in [0.2, 0.25) is 0 Å². The topological polar surface area (TPSA) is 68.1 Å². The Labute approximate surface area is 130 Å². The van der Waals surface area contributed by atoms with Crippen LogP contribution in [-0.4, -0.2) is 63.8 Å². The van der Waals surface area contributed by atoms with E-state index in [-0.39, 0.29) is 0 Å². The van der Waals surface area contributed by atoms with Crippen molar-refractivity contribution in [3.63, 3.8) is 0 Å². The molecular weight excluding hydrogens is 280 g/mol. The van der Waals surface area contributed by atoms with E-state index in [2.05, 4.69) is 32.4 Å². The van der Waals surface area contributed by atoms with Crippen LogP contribution in [0.25, 0.3) is 5.82 Å². The lowest BCUT2D eigenvalue weighted by Crippen LogP contribution is -2.45. The molecule has 0 radical (unpaired) electrons. The number of nitrogens with one attached hydrogen (secondary N) is 1. The quantitative estimate of drug-likeness (QED) is 0.892. The maximum absolute atomic E-state index is 5.38. The number of aryl methyl sites for hydroxylation is 1. The molecule has 1 saturated heterocycles. The fourth-order valence-corrected chi connectivity index (χ4v) is 2.48. The molecule has 1 aliphatic rings. The number of morpholine rings is 1. The van der Waals surface area contributed by atoms with Gasteiger partial charge in [0.15, 0.2) is 5.82 Å². The van der Waals surface area contributed by atoms with Crippen molar-refractivity contribution in [2.45, 2.75) is 19.9 Å². The molecule has 0 bridgehead atoms. The summed E-state index contributed by atoms with van der Waals surface area (Å²) in [5.74, 6) is 1.51. The van der Waals surface area contributed by atoms with Crippen LogP contribution in [-0.2, 0) is 4.74 Å². The maximum Gasteiger partial charge on any atom is 0.175 e. The number of ether oxygens (including phenoxy) is 1. The number of anilines is 1. The molecule has 2 aromatic heterocycles. The van der Waals surface area contributed by atoms with Crippen molar-refractivity contribution in [2.24, 2.45) is 0 Å². The molecule has 3 rings (SSSR count). The zero-order chi connectivity index (χ0) is 15.4. The molecule has 1 aliphatic heterocycles. The molecule has 0 aromatic carbocycles. The highest BCUT2D eigenvalue weighted by Crippen LogP contribution is 2.08. The van der Waals surface area contributed by atoms with Crippen LogP contribution in [0.15, 0.2) is 24.4 Å². The third kappa shape index (κ3) is 3.61. The summed E-state index contributed by atoms with van der Waals surface area (Å²) in [4.78, 5) is 2.42. The Kier molecular flexibility index (Phi) is 4.65. The van der Waals surface area contributed by atoms with Crippen molar-refractivity contribution in [2.75, 3.05) is 38.2 Å².